The van der Waals surface area contributed by atoms with Gasteiger partial charge in [0.2, 0.25) is 0 Å². The summed E-state index contributed by atoms with van der Waals surface area (Å²) in [6.45, 7) is 1.74. The van der Waals surface area contributed by atoms with Gasteiger partial charge >= 0.3 is 6.09 Å². The van der Waals surface area contributed by atoms with Gasteiger partial charge in [-0.3, -0.25) is 0 Å². The average Bonchev–Trinajstić information content (AvgIpc) is 2.02. The lowest BCUT2D eigenvalue weighted by Gasteiger charge is -2.01. The Morgan fingerprint density at radius 1 is 1.47 bits per heavy atom. The number of sulfonamides is 1. The molecule has 0 fully saturated rings. The Labute approximate surface area is 92.8 Å². The van der Waals surface area contributed by atoms with Crippen molar-refractivity contribution in [3.63, 3.8) is 0 Å². The maximum atomic E-state index is 11.2. The van der Waals surface area contributed by atoms with Gasteiger partial charge in [0.1, 0.15) is 0 Å². The van der Waals surface area contributed by atoms with E-state index in [2.05, 4.69) is 4.98 Å². The molecule has 1 aromatic heterocycles. The van der Waals surface area contributed by atoms with Crippen molar-refractivity contribution in [2.24, 2.45) is 0 Å². The number of carbonyl (C=O) groups is 1. The van der Waals surface area contributed by atoms with Crippen molar-refractivity contribution >= 4 is 28.5 Å². The van der Waals surface area contributed by atoms with Gasteiger partial charge in [0.15, 0.2) is 5.03 Å². The van der Waals surface area contributed by atoms with E-state index < -0.39 is 16.1 Å². The van der Waals surface area contributed by atoms with Gasteiger partial charge in [0.25, 0.3) is 10.0 Å². The normalized spacial score (nSPS) is 10.2. The van der Waals surface area contributed by atoms with E-state index in [4.69, 9.17) is 5.11 Å². The minimum atomic E-state index is -4.04. The predicted octanol–water partition coefficient (Wildman–Crippen LogP) is 0.768. The minimum Gasteiger partial charge on any atom is -0.464 e. The van der Waals surface area contributed by atoms with E-state index in [1.807, 2.05) is 0 Å². The first-order valence-corrected chi connectivity index (χ1v) is 5.08. The van der Waals surface area contributed by atoms with Crippen LogP contribution in [-0.4, -0.2) is 24.6 Å². The molecule has 2 N–H and O–H groups in total. The Balaban J connectivity index is 0.00000196. The summed E-state index contributed by atoms with van der Waals surface area (Å²) >= 11 is 0. The molecule has 0 aliphatic rings. The van der Waals surface area contributed by atoms with Crippen LogP contribution in [0, 0.1) is 6.92 Å². The highest BCUT2D eigenvalue weighted by molar-refractivity contribution is 7.90. The largest absolute Gasteiger partial charge is 0.464 e. The maximum absolute atomic E-state index is 11.2. The standard InChI is InChI=1S/C7H8N2O4S.ClH/c1-5-2-3-6(8-4-5)14(12,13)9-7(10)11;/h2-4,9H,1H3,(H,10,11);1H. The van der Waals surface area contributed by atoms with Crippen molar-refractivity contribution in [2.75, 3.05) is 0 Å². The van der Waals surface area contributed by atoms with Gasteiger partial charge in [0, 0.05) is 6.20 Å². The minimum absolute atomic E-state index is 0. The van der Waals surface area contributed by atoms with Gasteiger partial charge in [-0.05, 0) is 18.6 Å². The van der Waals surface area contributed by atoms with E-state index in [9.17, 15) is 13.2 Å². The Morgan fingerprint density at radius 3 is 2.47 bits per heavy atom. The molecule has 0 spiro atoms. The van der Waals surface area contributed by atoms with E-state index >= 15 is 0 Å². The molecule has 0 atom stereocenters. The molecule has 0 aromatic carbocycles. The van der Waals surface area contributed by atoms with Crippen molar-refractivity contribution in [1.82, 2.24) is 9.71 Å². The third kappa shape index (κ3) is 3.72. The number of hydrogen-bond acceptors (Lipinski definition) is 4. The van der Waals surface area contributed by atoms with Crippen molar-refractivity contribution in [2.45, 2.75) is 11.9 Å². The van der Waals surface area contributed by atoms with E-state index in [-0.39, 0.29) is 17.4 Å². The summed E-state index contributed by atoms with van der Waals surface area (Å²) in [5.74, 6) is 0. The second-order valence-corrected chi connectivity index (χ2v) is 4.21. The number of aryl methyl sites for hydroxylation is 1. The third-order valence-electron chi connectivity index (χ3n) is 1.38. The van der Waals surface area contributed by atoms with E-state index in [1.54, 1.807) is 6.92 Å². The SMILES string of the molecule is Cc1ccc(S(=O)(=O)NC(=O)O)nc1.Cl. The van der Waals surface area contributed by atoms with Gasteiger partial charge in [-0.15, -0.1) is 12.4 Å². The first-order chi connectivity index (χ1) is 6.42. The number of carboxylic acid groups (broad SMARTS) is 1. The van der Waals surface area contributed by atoms with E-state index in [0.717, 1.165) is 5.56 Å². The monoisotopic (exact) mass is 252 g/mol. The maximum Gasteiger partial charge on any atom is 0.418 e. The fraction of sp³-hybridized carbons (Fsp3) is 0.143. The fourth-order valence-corrected chi connectivity index (χ4v) is 1.55. The molecule has 0 bridgehead atoms. The topological polar surface area (TPSA) is 96.4 Å². The molecule has 6 nitrogen and oxygen atoms in total. The van der Waals surface area contributed by atoms with Crippen molar-refractivity contribution in [3.05, 3.63) is 23.9 Å². The smallest absolute Gasteiger partial charge is 0.418 e. The second kappa shape index (κ2) is 4.94. The second-order valence-electron chi connectivity index (χ2n) is 2.58. The lowest BCUT2D eigenvalue weighted by Crippen LogP contribution is -2.29. The molecule has 0 saturated carbocycles. The summed E-state index contributed by atoms with van der Waals surface area (Å²) in [6.07, 6.45) is -0.288. The molecule has 84 valence electrons. The molecule has 0 aliphatic heterocycles. The van der Waals surface area contributed by atoms with Crippen LogP contribution in [-0.2, 0) is 10.0 Å². The average molecular weight is 253 g/mol. The van der Waals surface area contributed by atoms with Crippen LogP contribution >= 0.6 is 12.4 Å². The summed E-state index contributed by atoms with van der Waals surface area (Å²) < 4.78 is 23.8. The van der Waals surface area contributed by atoms with Gasteiger partial charge in [-0.1, -0.05) is 6.07 Å². The van der Waals surface area contributed by atoms with Crippen LogP contribution in [0.1, 0.15) is 5.56 Å². The highest BCUT2D eigenvalue weighted by atomic mass is 35.5. The molecule has 0 unspecified atom stereocenters. The zero-order chi connectivity index (χ0) is 10.8. The molecular weight excluding hydrogens is 244 g/mol. The van der Waals surface area contributed by atoms with Crippen molar-refractivity contribution < 1.29 is 18.3 Å². The molecule has 1 heterocycles. The number of nitrogens with one attached hydrogen (secondary N) is 1. The van der Waals surface area contributed by atoms with Gasteiger partial charge < -0.3 is 5.11 Å². The van der Waals surface area contributed by atoms with Crippen LogP contribution < -0.4 is 4.72 Å². The van der Waals surface area contributed by atoms with Crippen LogP contribution in [0.2, 0.25) is 0 Å². The molecular formula is C7H9ClN2O4S. The summed E-state index contributed by atoms with van der Waals surface area (Å²) in [5.41, 5.74) is 0.791. The molecule has 8 heteroatoms. The summed E-state index contributed by atoms with van der Waals surface area (Å²) in [6, 6.07) is 2.77. The predicted molar refractivity (Wildman–Crippen MR) is 54.6 cm³/mol. The van der Waals surface area contributed by atoms with E-state index in [0.29, 0.717) is 0 Å². The number of halogens is 1. The van der Waals surface area contributed by atoms with Gasteiger partial charge in [0.05, 0.1) is 0 Å². The zero-order valence-corrected chi connectivity index (χ0v) is 9.30. The van der Waals surface area contributed by atoms with E-state index in [1.165, 1.54) is 23.1 Å². The third-order valence-corrected chi connectivity index (χ3v) is 2.62. The first kappa shape index (κ1) is 13.7. The number of aromatic nitrogens is 1. The Bertz CT molecular complexity index is 443. The van der Waals surface area contributed by atoms with Crippen molar-refractivity contribution in [1.29, 1.82) is 0 Å². The van der Waals surface area contributed by atoms with Gasteiger partial charge in [-0.2, -0.15) is 8.42 Å². The zero-order valence-electron chi connectivity index (χ0n) is 7.67. The Kier molecular flexibility index (Phi) is 4.50. The highest BCUT2D eigenvalue weighted by Crippen LogP contribution is 2.05. The first-order valence-electron chi connectivity index (χ1n) is 3.60. The molecule has 1 rings (SSSR count). The number of pyridine rings is 1. The quantitative estimate of drug-likeness (QED) is 0.810. The number of amides is 1. The molecule has 15 heavy (non-hydrogen) atoms. The fourth-order valence-electron chi connectivity index (χ4n) is 0.780. The number of hydrogen-bond donors (Lipinski definition) is 2. The summed E-state index contributed by atoms with van der Waals surface area (Å²) in [7, 11) is -4.04. The van der Waals surface area contributed by atoms with Crippen LogP contribution in [0.25, 0.3) is 0 Å². The molecule has 0 radical (unpaired) electrons. The Morgan fingerprint density at radius 2 is 2.07 bits per heavy atom. The van der Waals surface area contributed by atoms with Gasteiger partial charge in [-0.25, -0.2) is 14.5 Å². The lowest BCUT2D eigenvalue weighted by atomic mass is 10.3. The highest BCUT2D eigenvalue weighted by Gasteiger charge is 2.17. The number of nitrogens with zero attached hydrogens (tertiary/aromatic N) is 1. The molecule has 0 saturated heterocycles. The van der Waals surface area contributed by atoms with Crippen LogP contribution in [0.4, 0.5) is 4.79 Å². The summed E-state index contributed by atoms with van der Waals surface area (Å²) in [5, 5.41) is 7.93. The van der Waals surface area contributed by atoms with Crippen LogP contribution in [0.3, 0.4) is 0 Å². The number of rotatable bonds is 2. The Hall–Kier alpha value is -1.34. The van der Waals surface area contributed by atoms with Crippen LogP contribution in [0.15, 0.2) is 23.4 Å². The molecule has 1 amide bonds. The summed E-state index contributed by atoms with van der Waals surface area (Å²) in [4.78, 5) is 13.7. The molecule has 0 aliphatic carbocycles. The lowest BCUT2D eigenvalue weighted by molar-refractivity contribution is 0.201. The van der Waals surface area contributed by atoms with Crippen molar-refractivity contribution in [3.8, 4) is 0 Å². The molecule has 1 aromatic rings. The van der Waals surface area contributed by atoms with Crippen LogP contribution in [0.5, 0.6) is 0 Å².